The van der Waals surface area contributed by atoms with Crippen molar-refractivity contribution in [3.8, 4) is 5.75 Å². The smallest absolute Gasteiger partial charge is 0.123 e. The van der Waals surface area contributed by atoms with Crippen molar-refractivity contribution in [1.82, 2.24) is 0 Å². The number of aliphatic hydroxyl groups excluding tert-OH is 1. The fraction of sp³-hybridized carbons (Fsp3) is 0.500. The predicted molar refractivity (Wildman–Crippen MR) is 60.5 cm³/mol. The van der Waals surface area contributed by atoms with E-state index < -0.39 is 0 Å². The van der Waals surface area contributed by atoms with E-state index in [1.54, 1.807) is 7.11 Å². The van der Waals surface area contributed by atoms with E-state index in [1.807, 2.05) is 18.2 Å². The minimum Gasteiger partial charge on any atom is -0.496 e. The first kappa shape index (κ1) is 10.8. The zero-order valence-corrected chi connectivity index (χ0v) is 9.55. The van der Waals surface area contributed by atoms with Crippen LogP contribution in [0.3, 0.4) is 0 Å². The highest BCUT2D eigenvalue weighted by Gasteiger charge is 2.42. The molecule has 1 aliphatic rings. The Morgan fingerprint density at radius 3 is 2.73 bits per heavy atom. The molecule has 3 heteroatoms. The van der Waals surface area contributed by atoms with Crippen molar-refractivity contribution in [3.63, 3.8) is 0 Å². The Labute approximate surface area is 94.8 Å². The van der Waals surface area contributed by atoms with Crippen molar-refractivity contribution in [2.45, 2.75) is 19.3 Å². The maximum atomic E-state index is 9.27. The molecule has 2 rings (SSSR count). The highest BCUT2D eigenvalue weighted by atomic mass is 35.5. The fourth-order valence-corrected chi connectivity index (χ4v) is 2.00. The highest BCUT2D eigenvalue weighted by molar-refractivity contribution is 6.30. The Kier molecular flexibility index (Phi) is 2.89. The molecule has 1 aromatic rings. The van der Waals surface area contributed by atoms with Gasteiger partial charge in [0.2, 0.25) is 0 Å². The Morgan fingerprint density at radius 1 is 1.47 bits per heavy atom. The van der Waals surface area contributed by atoms with E-state index in [4.69, 9.17) is 16.3 Å². The zero-order valence-electron chi connectivity index (χ0n) is 8.79. The summed E-state index contributed by atoms with van der Waals surface area (Å²) in [6.45, 7) is 0.263. The molecular formula is C12H15ClO2. The van der Waals surface area contributed by atoms with Crippen LogP contribution in [0.15, 0.2) is 18.2 Å². The van der Waals surface area contributed by atoms with Gasteiger partial charge in [-0.3, -0.25) is 0 Å². The van der Waals surface area contributed by atoms with Gasteiger partial charge < -0.3 is 9.84 Å². The van der Waals surface area contributed by atoms with Gasteiger partial charge in [0.15, 0.2) is 0 Å². The molecule has 1 fully saturated rings. The summed E-state index contributed by atoms with van der Waals surface area (Å²) in [5, 5.41) is 9.95. The summed E-state index contributed by atoms with van der Waals surface area (Å²) in [6.07, 6.45) is 3.09. The monoisotopic (exact) mass is 226 g/mol. The Balaban J connectivity index is 2.20. The van der Waals surface area contributed by atoms with Crippen molar-refractivity contribution < 1.29 is 9.84 Å². The molecule has 0 unspecified atom stereocenters. The molecule has 0 saturated heterocycles. The molecule has 1 N–H and O–H groups in total. The topological polar surface area (TPSA) is 29.5 Å². The van der Waals surface area contributed by atoms with Crippen molar-refractivity contribution in [2.24, 2.45) is 5.41 Å². The third kappa shape index (κ3) is 2.27. The van der Waals surface area contributed by atoms with Crippen LogP contribution in [0.5, 0.6) is 5.75 Å². The van der Waals surface area contributed by atoms with E-state index in [-0.39, 0.29) is 12.0 Å². The highest BCUT2D eigenvalue weighted by Crippen LogP contribution is 2.49. The number of benzene rings is 1. The van der Waals surface area contributed by atoms with Gasteiger partial charge in [-0.2, -0.15) is 0 Å². The second-order valence-electron chi connectivity index (χ2n) is 4.29. The van der Waals surface area contributed by atoms with E-state index in [9.17, 15) is 5.11 Å². The number of hydrogen-bond acceptors (Lipinski definition) is 2. The van der Waals surface area contributed by atoms with E-state index in [1.165, 1.54) is 0 Å². The molecular weight excluding hydrogens is 212 g/mol. The Morgan fingerprint density at radius 2 is 2.20 bits per heavy atom. The van der Waals surface area contributed by atoms with E-state index in [2.05, 4.69) is 0 Å². The van der Waals surface area contributed by atoms with Gasteiger partial charge in [0.05, 0.1) is 7.11 Å². The second-order valence-corrected chi connectivity index (χ2v) is 4.73. The lowest BCUT2D eigenvalue weighted by atomic mass is 9.97. The summed E-state index contributed by atoms with van der Waals surface area (Å²) in [6, 6.07) is 5.67. The summed E-state index contributed by atoms with van der Waals surface area (Å²) >= 11 is 5.89. The first-order chi connectivity index (χ1) is 7.19. The third-order valence-corrected chi connectivity index (χ3v) is 3.34. The molecule has 0 aliphatic heterocycles. The van der Waals surface area contributed by atoms with Gasteiger partial charge in [-0.1, -0.05) is 17.7 Å². The van der Waals surface area contributed by atoms with Crippen LogP contribution in [0.1, 0.15) is 18.4 Å². The molecule has 1 aromatic carbocycles. The minimum atomic E-state index is 0.112. The fourth-order valence-electron chi connectivity index (χ4n) is 1.84. The summed E-state index contributed by atoms with van der Waals surface area (Å²) < 4.78 is 5.28. The number of methoxy groups -OCH3 is 1. The minimum absolute atomic E-state index is 0.112. The first-order valence-corrected chi connectivity index (χ1v) is 5.50. The molecule has 0 spiro atoms. The van der Waals surface area contributed by atoms with Gasteiger partial charge in [0, 0.05) is 11.6 Å². The Hall–Kier alpha value is -0.730. The number of hydrogen-bond donors (Lipinski definition) is 1. The second kappa shape index (κ2) is 4.03. The molecule has 2 nitrogen and oxygen atoms in total. The van der Waals surface area contributed by atoms with Gasteiger partial charge in [-0.05, 0) is 42.4 Å². The molecule has 0 radical (unpaired) electrons. The van der Waals surface area contributed by atoms with Crippen LogP contribution >= 0.6 is 11.6 Å². The van der Waals surface area contributed by atoms with Crippen molar-refractivity contribution >= 4 is 11.6 Å². The zero-order chi connectivity index (χ0) is 10.9. The van der Waals surface area contributed by atoms with Crippen LogP contribution in [0.4, 0.5) is 0 Å². The van der Waals surface area contributed by atoms with E-state index in [0.29, 0.717) is 5.02 Å². The van der Waals surface area contributed by atoms with Gasteiger partial charge in [0.25, 0.3) is 0 Å². The summed E-state index contributed by atoms with van der Waals surface area (Å²) in [5.41, 5.74) is 1.25. The number of aliphatic hydroxyl groups is 1. The van der Waals surface area contributed by atoms with Crippen LogP contribution in [0, 0.1) is 5.41 Å². The van der Waals surface area contributed by atoms with Gasteiger partial charge in [-0.25, -0.2) is 0 Å². The average Bonchev–Trinajstić information content (AvgIpc) is 3.01. The van der Waals surface area contributed by atoms with Crippen LogP contribution in [-0.4, -0.2) is 18.8 Å². The van der Waals surface area contributed by atoms with Crippen LogP contribution in [0.2, 0.25) is 5.02 Å². The third-order valence-electron chi connectivity index (χ3n) is 3.11. The molecule has 15 heavy (non-hydrogen) atoms. The maximum Gasteiger partial charge on any atom is 0.123 e. The largest absolute Gasteiger partial charge is 0.496 e. The number of ether oxygens (including phenoxy) is 1. The molecule has 82 valence electrons. The lowest BCUT2D eigenvalue weighted by molar-refractivity contribution is 0.210. The van der Waals surface area contributed by atoms with Crippen molar-refractivity contribution in [1.29, 1.82) is 0 Å². The van der Waals surface area contributed by atoms with E-state index >= 15 is 0 Å². The first-order valence-electron chi connectivity index (χ1n) is 5.12. The van der Waals surface area contributed by atoms with Crippen molar-refractivity contribution in [3.05, 3.63) is 28.8 Å². The standard InChI is InChI=1S/C12H15ClO2/c1-15-11-6-10(13)3-2-9(11)7-12(8-14)4-5-12/h2-3,6,14H,4-5,7-8H2,1H3. The molecule has 0 amide bonds. The van der Waals surface area contributed by atoms with Crippen LogP contribution < -0.4 is 4.74 Å². The molecule has 0 bridgehead atoms. The average molecular weight is 227 g/mol. The normalized spacial score (nSPS) is 17.5. The molecule has 1 saturated carbocycles. The lowest BCUT2D eigenvalue weighted by Crippen LogP contribution is -2.10. The Bertz CT molecular complexity index is 359. The predicted octanol–water partition coefficient (Wildman–Crippen LogP) is 2.66. The summed E-state index contributed by atoms with van der Waals surface area (Å²) in [7, 11) is 1.65. The van der Waals surface area contributed by atoms with Gasteiger partial charge >= 0.3 is 0 Å². The summed E-state index contributed by atoms with van der Waals surface area (Å²) in [5.74, 6) is 0.822. The maximum absolute atomic E-state index is 9.27. The quantitative estimate of drug-likeness (QED) is 0.856. The molecule has 0 atom stereocenters. The number of rotatable bonds is 4. The number of halogens is 1. The molecule has 0 heterocycles. The van der Waals surface area contributed by atoms with Crippen LogP contribution in [-0.2, 0) is 6.42 Å². The van der Waals surface area contributed by atoms with E-state index in [0.717, 1.165) is 30.6 Å². The van der Waals surface area contributed by atoms with Crippen molar-refractivity contribution in [2.75, 3.05) is 13.7 Å². The molecule has 0 aromatic heterocycles. The summed E-state index contributed by atoms with van der Waals surface area (Å²) in [4.78, 5) is 0. The van der Waals surface area contributed by atoms with Gasteiger partial charge in [0.1, 0.15) is 5.75 Å². The molecule has 1 aliphatic carbocycles. The van der Waals surface area contributed by atoms with Gasteiger partial charge in [-0.15, -0.1) is 0 Å². The van der Waals surface area contributed by atoms with Crippen LogP contribution in [0.25, 0.3) is 0 Å². The SMILES string of the molecule is COc1cc(Cl)ccc1CC1(CO)CC1. The lowest BCUT2D eigenvalue weighted by Gasteiger charge is -2.14.